The van der Waals surface area contributed by atoms with E-state index in [2.05, 4.69) is 25.9 Å². The fraction of sp³-hybridized carbons (Fsp3) is 0.333. The molecule has 0 aromatic carbocycles. The molecule has 0 bridgehead atoms. The molecule has 14 heavy (non-hydrogen) atoms. The molecule has 0 atom stereocenters. The lowest BCUT2D eigenvalue weighted by molar-refractivity contribution is 0.661. The number of nitrogens with two attached hydrogens (primary N) is 1. The van der Waals surface area contributed by atoms with E-state index < -0.39 is 0 Å². The molecule has 0 aliphatic carbocycles. The van der Waals surface area contributed by atoms with Crippen molar-refractivity contribution in [3.63, 3.8) is 0 Å². The Bertz CT molecular complexity index is 437. The maximum atomic E-state index is 5.45. The van der Waals surface area contributed by atoms with Gasteiger partial charge in [0.2, 0.25) is 0 Å². The zero-order valence-electron chi connectivity index (χ0n) is 7.65. The molecule has 0 spiro atoms. The van der Waals surface area contributed by atoms with Gasteiger partial charge in [-0.1, -0.05) is 0 Å². The minimum absolute atomic E-state index is 0.691. The Labute approximate surface area is 90.3 Å². The summed E-state index contributed by atoms with van der Waals surface area (Å²) in [7, 11) is 0. The molecule has 2 aromatic rings. The smallest absolute Gasteiger partial charge is 0.159 e. The number of fused-ring (bicyclic) bond motifs is 1. The summed E-state index contributed by atoms with van der Waals surface area (Å²) in [6.07, 6.45) is 4.53. The van der Waals surface area contributed by atoms with Crippen molar-refractivity contribution in [1.82, 2.24) is 14.5 Å². The van der Waals surface area contributed by atoms with Crippen LogP contribution in [-0.2, 0) is 6.54 Å². The minimum atomic E-state index is 0.691. The highest BCUT2D eigenvalue weighted by molar-refractivity contribution is 9.10. The molecule has 2 N–H and O–H groups in total. The van der Waals surface area contributed by atoms with Crippen LogP contribution >= 0.6 is 15.9 Å². The van der Waals surface area contributed by atoms with Crippen LogP contribution in [0.5, 0.6) is 0 Å². The Morgan fingerprint density at radius 3 is 3.07 bits per heavy atom. The molecule has 4 nitrogen and oxygen atoms in total. The summed E-state index contributed by atoms with van der Waals surface area (Å²) in [5, 5.41) is 0. The van der Waals surface area contributed by atoms with E-state index in [1.807, 2.05) is 10.6 Å². The standard InChI is InChI=1S/C9H11BrN4/c10-7-4-8-9(12-5-7)14(6-13-8)3-1-2-11/h4-6H,1-3,11H2. The lowest BCUT2D eigenvalue weighted by atomic mass is 10.4. The topological polar surface area (TPSA) is 56.7 Å². The molecule has 2 aromatic heterocycles. The summed E-state index contributed by atoms with van der Waals surface area (Å²) in [4.78, 5) is 8.57. The Hall–Kier alpha value is -0.940. The molecule has 0 aliphatic rings. The molecular formula is C9H11BrN4. The van der Waals surface area contributed by atoms with Crippen LogP contribution in [-0.4, -0.2) is 21.1 Å². The molecule has 0 radical (unpaired) electrons. The fourth-order valence-corrected chi connectivity index (χ4v) is 1.67. The first-order chi connectivity index (χ1) is 6.81. The van der Waals surface area contributed by atoms with E-state index in [0.717, 1.165) is 28.6 Å². The third-order valence-corrected chi connectivity index (χ3v) is 2.46. The zero-order valence-corrected chi connectivity index (χ0v) is 9.24. The van der Waals surface area contributed by atoms with Crippen LogP contribution in [0.1, 0.15) is 6.42 Å². The molecule has 5 heteroatoms. The number of hydrogen-bond donors (Lipinski definition) is 1. The second-order valence-electron chi connectivity index (χ2n) is 3.08. The highest BCUT2D eigenvalue weighted by atomic mass is 79.9. The van der Waals surface area contributed by atoms with E-state index in [-0.39, 0.29) is 0 Å². The van der Waals surface area contributed by atoms with Gasteiger partial charge in [0.05, 0.1) is 6.33 Å². The summed E-state index contributed by atoms with van der Waals surface area (Å²) in [5.41, 5.74) is 7.28. The van der Waals surface area contributed by atoms with Gasteiger partial charge in [-0.05, 0) is 35.0 Å². The van der Waals surface area contributed by atoms with Gasteiger partial charge in [0, 0.05) is 17.2 Å². The molecule has 0 aliphatic heterocycles. The van der Waals surface area contributed by atoms with Gasteiger partial charge >= 0.3 is 0 Å². The minimum Gasteiger partial charge on any atom is -0.330 e. The number of imidazole rings is 1. The van der Waals surface area contributed by atoms with E-state index in [0.29, 0.717) is 6.54 Å². The number of rotatable bonds is 3. The first-order valence-corrected chi connectivity index (χ1v) is 5.27. The Kier molecular flexibility index (Phi) is 2.79. The third-order valence-electron chi connectivity index (χ3n) is 2.03. The lowest BCUT2D eigenvalue weighted by Crippen LogP contribution is -2.05. The fourth-order valence-electron chi connectivity index (χ4n) is 1.35. The van der Waals surface area contributed by atoms with Gasteiger partial charge in [-0.3, -0.25) is 0 Å². The van der Waals surface area contributed by atoms with Crippen LogP contribution in [0, 0.1) is 0 Å². The summed E-state index contributed by atoms with van der Waals surface area (Å²) < 4.78 is 2.98. The van der Waals surface area contributed by atoms with Crippen LogP contribution in [0.2, 0.25) is 0 Å². The number of hydrogen-bond acceptors (Lipinski definition) is 3. The van der Waals surface area contributed by atoms with Gasteiger partial charge < -0.3 is 10.3 Å². The first kappa shape index (κ1) is 9.61. The Balaban J connectivity index is 2.37. The second-order valence-corrected chi connectivity index (χ2v) is 3.99. The van der Waals surface area contributed by atoms with E-state index in [1.54, 1.807) is 12.5 Å². The van der Waals surface area contributed by atoms with E-state index in [9.17, 15) is 0 Å². The lowest BCUT2D eigenvalue weighted by Gasteiger charge is -2.00. The van der Waals surface area contributed by atoms with Crippen LogP contribution < -0.4 is 5.73 Å². The average molecular weight is 255 g/mol. The SMILES string of the molecule is NCCCn1cnc2cc(Br)cnc21. The second kappa shape index (κ2) is 4.06. The maximum Gasteiger partial charge on any atom is 0.159 e. The summed E-state index contributed by atoms with van der Waals surface area (Å²) in [6, 6.07) is 1.96. The van der Waals surface area contributed by atoms with Crippen molar-refractivity contribution < 1.29 is 0 Å². The predicted octanol–water partition coefficient (Wildman–Crippen LogP) is 1.54. The van der Waals surface area contributed by atoms with Crippen LogP contribution in [0.3, 0.4) is 0 Å². The summed E-state index contributed by atoms with van der Waals surface area (Å²) >= 11 is 3.36. The summed E-state index contributed by atoms with van der Waals surface area (Å²) in [6.45, 7) is 1.57. The van der Waals surface area contributed by atoms with Crippen molar-refractivity contribution >= 4 is 27.1 Å². The van der Waals surface area contributed by atoms with E-state index >= 15 is 0 Å². The summed E-state index contributed by atoms with van der Waals surface area (Å²) in [5.74, 6) is 0. The first-order valence-electron chi connectivity index (χ1n) is 4.47. The monoisotopic (exact) mass is 254 g/mol. The van der Waals surface area contributed by atoms with Gasteiger partial charge in [0.25, 0.3) is 0 Å². The Morgan fingerprint density at radius 1 is 1.43 bits per heavy atom. The van der Waals surface area contributed by atoms with Gasteiger partial charge in [-0.2, -0.15) is 0 Å². The molecule has 0 saturated heterocycles. The normalized spacial score (nSPS) is 11.0. The van der Waals surface area contributed by atoms with E-state index in [4.69, 9.17) is 5.73 Å². The van der Waals surface area contributed by atoms with Gasteiger partial charge in [-0.25, -0.2) is 9.97 Å². The molecular weight excluding hydrogens is 244 g/mol. The molecule has 2 rings (SSSR count). The van der Waals surface area contributed by atoms with Crippen LogP contribution in [0.15, 0.2) is 23.1 Å². The van der Waals surface area contributed by atoms with Crippen molar-refractivity contribution in [3.05, 3.63) is 23.1 Å². The molecule has 0 unspecified atom stereocenters. The highest BCUT2D eigenvalue weighted by Gasteiger charge is 2.03. The molecule has 74 valence electrons. The molecule has 2 heterocycles. The number of aromatic nitrogens is 3. The maximum absolute atomic E-state index is 5.45. The quantitative estimate of drug-likeness (QED) is 0.905. The van der Waals surface area contributed by atoms with Crippen LogP contribution in [0.25, 0.3) is 11.2 Å². The van der Waals surface area contributed by atoms with Crippen molar-refractivity contribution in [1.29, 1.82) is 0 Å². The average Bonchev–Trinajstić information content (AvgIpc) is 2.57. The van der Waals surface area contributed by atoms with Gasteiger partial charge in [0.15, 0.2) is 5.65 Å². The zero-order chi connectivity index (χ0) is 9.97. The molecule has 0 saturated carbocycles. The van der Waals surface area contributed by atoms with Crippen molar-refractivity contribution in [2.45, 2.75) is 13.0 Å². The number of nitrogens with zero attached hydrogens (tertiary/aromatic N) is 3. The van der Waals surface area contributed by atoms with Gasteiger partial charge in [-0.15, -0.1) is 0 Å². The highest BCUT2D eigenvalue weighted by Crippen LogP contribution is 2.15. The van der Waals surface area contributed by atoms with Gasteiger partial charge in [0.1, 0.15) is 5.52 Å². The van der Waals surface area contributed by atoms with E-state index in [1.165, 1.54) is 0 Å². The number of halogens is 1. The largest absolute Gasteiger partial charge is 0.330 e. The third kappa shape index (κ3) is 1.78. The van der Waals surface area contributed by atoms with Crippen molar-refractivity contribution in [3.8, 4) is 0 Å². The Morgan fingerprint density at radius 2 is 2.29 bits per heavy atom. The number of pyridine rings is 1. The van der Waals surface area contributed by atoms with Crippen LogP contribution in [0.4, 0.5) is 0 Å². The van der Waals surface area contributed by atoms with Crippen molar-refractivity contribution in [2.75, 3.05) is 6.54 Å². The number of aryl methyl sites for hydroxylation is 1. The molecule has 0 fully saturated rings. The predicted molar refractivity (Wildman–Crippen MR) is 58.9 cm³/mol. The van der Waals surface area contributed by atoms with Crippen molar-refractivity contribution in [2.24, 2.45) is 5.73 Å². The molecule has 0 amide bonds.